The molecule has 2 nitrogen and oxygen atoms in total. The standard InChI is InChI=1S/C12H16BrNOS/c1-3-15-11-5-4-9(7-10(11)13)8(2)6-12(14)16/h4-5,7-8H,3,6H2,1-2H3,(H2,14,16). The lowest BCUT2D eigenvalue weighted by Crippen LogP contribution is -2.11. The Kier molecular flexibility index (Phi) is 5.22. The van der Waals surface area contributed by atoms with Crippen LogP contribution < -0.4 is 10.5 Å². The van der Waals surface area contributed by atoms with Gasteiger partial charge in [0.15, 0.2) is 0 Å². The number of thiocarbonyl (C=S) groups is 1. The van der Waals surface area contributed by atoms with Crippen molar-refractivity contribution < 1.29 is 4.74 Å². The van der Waals surface area contributed by atoms with Gasteiger partial charge in [-0.1, -0.05) is 25.2 Å². The molecule has 0 spiro atoms. The van der Waals surface area contributed by atoms with E-state index in [2.05, 4.69) is 35.0 Å². The van der Waals surface area contributed by atoms with E-state index in [0.717, 1.165) is 16.6 Å². The van der Waals surface area contributed by atoms with Gasteiger partial charge in [0.1, 0.15) is 5.75 Å². The Morgan fingerprint density at radius 3 is 2.75 bits per heavy atom. The van der Waals surface area contributed by atoms with Gasteiger partial charge >= 0.3 is 0 Å². The van der Waals surface area contributed by atoms with E-state index in [1.54, 1.807) is 0 Å². The SMILES string of the molecule is CCOc1ccc(C(C)CC(N)=S)cc1Br. The van der Waals surface area contributed by atoms with E-state index in [1.165, 1.54) is 5.56 Å². The Labute approximate surface area is 110 Å². The second-order valence-electron chi connectivity index (χ2n) is 3.69. The third kappa shape index (κ3) is 3.76. The number of hydrogen-bond donors (Lipinski definition) is 1. The average molecular weight is 302 g/mol. The van der Waals surface area contributed by atoms with Crippen molar-refractivity contribution >= 4 is 33.1 Å². The topological polar surface area (TPSA) is 35.2 Å². The van der Waals surface area contributed by atoms with Crippen LogP contribution in [0.4, 0.5) is 0 Å². The molecule has 2 N–H and O–H groups in total. The summed E-state index contributed by atoms with van der Waals surface area (Å²) in [5, 5.41) is 0. The zero-order chi connectivity index (χ0) is 12.1. The van der Waals surface area contributed by atoms with Crippen LogP contribution in [-0.4, -0.2) is 11.6 Å². The molecule has 0 aliphatic carbocycles. The van der Waals surface area contributed by atoms with E-state index in [-0.39, 0.29) is 0 Å². The predicted molar refractivity (Wildman–Crippen MR) is 75.1 cm³/mol. The first-order valence-corrected chi connectivity index (χ1v) is 6.45. The summed E-state index contributed by atoms with van der Waals surface area (Å²) in [6.07, 6.45) is 0.732. The fraction of sp³-hybridized carbons (Fsp3) is 0.417. The lowest BCUT2D eigenvalue weighted by molar-refractivity contribution is 0.338. The normalized spacial score (nSPS) is 12.2. The molecule has 16 heavy (non-hydrogen) atoms. The number of ether oxygens (including phenoxy) is 1. The predicted octanol–water partition coefficient (Wildman–Crippen LogP) is 3.63. The van der Waals surface area contributed by atoms with Crippen LogP contribution in [0.3, 0.4) is 0 Å². The zero-order valence-corrected chi connectivity index (χ0v) is 11.9. The van der Waals surface area contributed by atoms with E-state index < -0.39 is 0 Å². The van der Waals surface area contributed by atoms with Gasteiger partial charge in [0.05, 0.1) is 16.1 Å². The maximum absolute atomic E-state index is 5.54. The van der Waals surface area contributed by atoms with Gasteiger partial charge in [0, 0.05) is 6.42 Å². The Bertz CT molecular complexity index is 381. The first kappa shape index (κ1) is 13.5. The first-order chi connectivity index (χ1) is 7.54. The molecule has 0 aromatic heterocycles. The van der Waals surface area contributed by atoms with E-state index in [4.69, 9.17) is 22.7 Å². The molecule has 1 atom stereocenters. The molecule has 1 aromatic carbocycles. The third-order valence-electron chi connectivity index (χ3n) is 2.33. The van der Waals surface area contributed by atoms with Gasteiger partial charge in [0.25, 0.3) is 0 Å². The Morgan fingerprint density at radius 1 is 1.56 bits per heavy atom. The Morgan fingerprint density at radius 2 is 2.25 bits per heavy atom. The van der Waals surface area contributed by atoms with Gasteiger partial charge < -0.3 is 10.5 Å². The zero-order valence-electron chi connectivity index (χ0n) is 9.50. The van der Waals surface area contributed by atoms with Crippen molar-refractivity contribution in [3.05, 3.63) is 28.2 Å². The molecular formula is C12H16BrNOS. The van der Waals surface area contributed by atoms with Crippen molar-refractivity contribution in [2.45, 2.75) is 26.2 Å². The minimum absolute atomic E-state index is 0.337. The molecule has 0 fully saturated rings. The molecule has 4 heteroatoms. The Hall–Kier alpha value is -0.610. The van der Waals surface area contributed by atoms with Crippen molar-refractivity contribution in [3.63, 3.8) is 0 Å². The first-order valence-electron chi connectivity index (χ1n) is 5.25. The summed E-state index contributed by atoms with van der Waals surface area (Å²) in [6.45, 7) is 4.75. The quantitative estimate of drug-likeness (QED) is 0.844. The molecule has 88 valence electrons. The second-order valence-corrected chi connectivity index (χ2v) is 5.07. The number of halogens is 1. The largest absolute Gasteiger partial charge is 0.493 e. The van der Waals surface area contributed by atoms with Crippen molar-refractivity contribution in [2.24, 2.45) is 5.73 Å². The van der Waals surface area contributed by atoms with Gasteiger partial charge in [0.2, 0.25) is 0 Å². The summed E-state index contributed by atoms with van der Waals surface area (Å²) in [5.74, 6) is 1.21. The monoisotopic (exact) mass is 301 g/mol. The fourth-order valence-corrected chi connectivity index (χ4v) is 2.28. The van der Waals surface area contributed by atoms with Gasteiger partial charge in [-0.15, -0.1) is 0 Å². The molecule has 1 rings (SSSR count). The van der Waals surface area contributed by atoms with E-state index in [1.807, 2.05) is 13.0 Å². The molecule has 0 amide bonds. The van der Waals surface area contributed by atoms with Crippen LogP contribution >= 0.6 is 28.1 Å². The maximum Gasteiger partial charge on any atom is 0.133 e. The molecule has 0 saturated heterocycles. The van der Waals surface area contributed by atoms with E-state index >= 15 is 0 Å². The summed E-state index contributed by atoms with van der Waals surface area (Å²) >= 11 is 8.41. The molecule has 1 unspecified atom stereocenters. The maximum atomic E-state index is 5.54. The minimum Gasteiger partial charge on any atom is -0.493 e. The van der Waals surface area contributed by atoms with Gasteiger partial charge in [-0.3, -0.25) is 0 Å². The van der Waals surface area contributed by atoms with Crippen molar-refractivity contribution in [1.29, 1.82) is 0 Å². The molecule has 0 aliphatic rings. The van der Waals surface area contributed by atoms with Crippen LogP contribution in [0.1, 0.15) is 31.7 Å². The molecule has 0 aliphatic heterocycles. The van der Waals surface area contributed by atoms with Crippen LogP contribution in [0.5, 0.6) is 5.75 Å². The van der Waals surface area contributed by atoms with Gasteiger partial charge in [-0.05, 0) is 46.5 Å². The molecule has 0 bridgehead atoms. The van der Waals surface area contributed by atoms with Crippen molar-refractivity contribution in [3.8, 4) is 5.75 Å². The minimum atomic E-state index is 0.337. The highest BCUT2D eigenvalue weighted by molar-refractivity contribution is 9.10. The summed E-state index contributed by atoms with van der Waals surface area (Å²) in [4.78, 5) is 0.553. The molecule has 1 aromatic rings. The van der Waals surface area contributed by atoms with Crippen LogP contribution in [0.2, 0.25) is 0 Å². The van der Waals surface area contributed by atoms with Gasteiger partial charge in [-0.2, -0.15) is 0 Å². The summed E-state index contributed by atoms with van der Waals surface area (Å²) < 4.78 is 6.43. The molecular weight excluding hydrogens is 286 g/mol. The number of rotatable bonds is 5. The highest BCUT2D eigenvalue weighted by atomic mass is 79.9. The van der Waals surface area contributed by atoms with Crippen LogP contribution in [-0.2, 0) is 0 Å². The highest BCUT2D eigenvalue weighted by Crippen LogP contribution is 2.30. The molecule has 0 heterocycles. The second kappa shape index (κ2) is 6.21. The average Bonchev–Trinajstić information content (AvgIpc) is 2.20. The lowest BCUT2D eigenvalue weighted by atomic mass is 9.98. The summed E-state index contributed by atoms with van der Waals surface area (Å²) in [5.41, 5.74) is 6.75. The number of benzene rings is 1. The fourth-order valence-electron chi connectivity index (χ4n) is 1.52. The number of hydrogen-bond acceptors (Lipinski definition) is 2. The lowest BCUT2D eigenvalue weighted by Gasteiger charge is -2.13. The summed E-state index contributed by atoms with van der Waals surface area (Å²) in [6, 6.07) is 6.09. The van der Waals surface area contributed by atoms with E-state index in [9.17, 15) is 0 Å². The molecule has 0 saturated carbocycles. The van der Waals surface area contributed by atoms with Crippen LogP contribution in [0, 0.1) is 0 Å². The third-order valence-corrected chi connectivity index (χ3v) is 3.12. The summed E-state index contributed by atoms with van der Waals surface area (Å²) in [7, 11) is 0. The Balaban J connectivity index is 2.83. The van der Waals surface area contributed by atoms with Crippen molar-refractivity contribution in [2.75, 3.05) is 6.61 Å². The van der Waals surface area contributed by atoms with Crippen molar-refractivity contribution in [1.82, 2.24) is 0 Å². The number of nitrogens with two attached hydrogens (primary N) is 1. The molecule has 0 radical (unpaired) electrons. The van der Waals surface area contributed by atoms with Gasteiger partial charge in [-0.25, -0.2) is 0 Å². The van der Waals surface area contributed by atoms with Crippen LogP contribution in [0.25, 0.3) is 0 Å². The van der Waals surface area contributed by atoms with E-state index in [0.29, 0.717) is 17.5 Å². The smallest absolute Gasteiger partial charge is 0.133 e. The van der Waals surface area contributed by atoms with Crippen LogP contribution in [0.15, 0.2) is 22.7 Å². The highest BCUT2D eigenvalue weighted by Gasteiger charge is 2.09.